The van der Waals surface area contributed by atoms with Crippen molar-refractivity contribution in [3.63, 3.8) is 0 Å². The van der Waals surface area contributed by atoms with E-state index in [0.29, 0.717) is 24.2 Å². The number of amides is 2. The van der Waals surface area contributed by atoms with E-state index in [-0.39, 0.29) is 0 Å². The van der Waals surface area contributed by atoms with Gasteiger partial charge in [0.05, 0.1) is 17.1 Å². The summed E-state index contributed by atoms with van der Waals surface area (Å²) in [5.74, 6) is -0.126. The number of hydrazine groups is 1. The molecular formula is C23H23N5O2S. The Bertz CT molecular complexity index is 1090. The third-order valence-corrected chi connectivity index (χ3v) is 6.55. The van der Waals surface area contributed by atoms with E-state index in [9.17, 15) is 14.9 Å². The van der Waals surface area contributed by atoms with E-state index in [1.54, 1.807) is 23.9 Å². The van der Waals surface area contributed by atoms with Gasteiger partial charge in [-0.05, 0) is 42.7 Å². The fraction of sp³-hybridized carbons (Fsp3) is 0.304. The number of carbonyl (C=O) groups excluding carboxylic acids is 2. The second kappa shape index (κ2) is 9.23. The highest BCUT2D eigenvalue weighted by Gasteiger charge is 2.40. The smallest absolute Gasteiger partial charge is 0.269 e. The minimum absolute atomic E-state index is 0.409. The molecule has 0 atom stereocenters. The lowest BCUT2D eigenvalue weighted by molar-refractivity contribution is -0.130. The van der Waals surface area contributed by atoms with E-state index in [0.717, 1.165) is 41.0 Å². The number of nitrogens with zero attached hydrogens (tertiary/aromatic N) is 2. The second-order valence-corrected chi connectivity index (χ2v) is 8.67. The van der Waals surface area contributed by atoms with E-state index < -0.39 is 17.2 Å². The maximum atomic E-state index is 12.5. The highest BCUT2D eigenvalue weighted by Crippen LogP contribution is 2.35. The number of nitrogens with one attached hydrogen (secondary N) is 3. The molecule has 1 saturated carbocycles. The zero-order valence-corrected chi connectivity index (χ0v) is 17.8. The molecular weight excluding hydrogens is 410 g/mol. The number of imidazole rings is 1. The average Bonchev–Trinajstić information content (AvgIpc) is 3.25. The molecule has 1 aliphatic carbocycles. The monoisotopic (exact) mass is 433 g/mol. The topological polar surface area (TPSA) is 111 Å². The Hall–Kier alpha value is -3.31. The summed E-state index contributed by atoms with van der Waals surface area (Å²) in [6.45, 7) is 0. The maximum absolute atomic E-state index is 12.5. The van der Waals surface area contributed by atoms with Gasteiger partial charge in [-0.3, -0.25) is 20.4 Å². The number of nitriles is 1. The molecule has 2 amide bonds. The van der Waals surface area contributed by atoms with Gasteiger partial charge < -0.3 is 4.98 Å². The number of H-pyrrole nitrogens is 1. The zero-order valence-electron chi connectivity index (χ0n) is 17.0. The predicted octanol–water partition coefficient (Wildman–Crippen LogP) is 4.09. The first-order valence-corrected chi connectivity index (χ1v) is 11.3. The normalized spacial score (nSPS) is 15.2. The van der Waals surface area contributed by atoms with Gasteiger partial charge in [0.25, 0.3) is 11.8 Å². The van der Waals surface area contributed by atoms with Crippen molar-refractivity contribution >= 4 is 34.6 Å². The summed E-state index contributed by atoms with van der Waals surface area (Å²) in [6, 6.07) is 17.2. The summed E-state index contributed by atoms with van der Waals surface area (Å²) < 4.78 is 0. The molecule has 8 heteroatoms. The summed E-state index contributed by atoms with van der Waals surface area (Å²) in [7, 11) is 0. The van der Waals surface area contributed by atoms with Gasteiger partial charge in [0.1, 0.15) is 5.41 Å². The van der Waals surface area contributed by atoms with Gasteiger partial charge in [-0.1, -0.05) is 55.3 Å². The van der Waals surface area contributed by atoms with Crippen molar-refractivity contribution in [2.24, 2.45) is 5.41 Å². The van der Waals surface area contributed by atoms with E-state index >= 15 is 0 Å². The van der Waals surface area contributed by atoms with Crippen molar-refractivity contribution in [3.8, 4) is 6.07 Å². The van der Waals surface area contributed by atoms with Crippen molar-refractivity contribution in [1.29, 1.82) is 5.26 Å². The minimum Gasteiger partial charge on any atom is -0.333 e. The molecule has 3 N–H and O–H groups in total. The van der Waals surface area contributed by atoms with Crippen molar-refractivity contribution in [2.75, 3.05) is 0 Å². The lowest BCUT2D eigenvalue weighted by Crippen LogP contribution is -2.49. The van der Waals surface area contributed by atoms with Gasteiger partial charge in [0.2, 0.25) is 0 Å². The van der Waals surface area contributed by atoms with Gasteiger partial charge in [-0.2, -0.15) is 5.26 Å². The summed E-state index contributed by atoms with van der Waals surface area (Å²) in [5, 5.41) is 10.3. The molecule has 0 aliphatic heterocycles. The Morgan fingerprint density at radius 1 is 1.06 bits per heavy atom. The van der Waals surface area contributed by atoms with Crippen LogP contribution in [0.15, 0.2) is 53.7 Å². The molecule has 0 unspecified atom stereocenters. The predicted molar refractivity (Wildman–Crippen MR) is 119 cm³/mol. The van der Waals surface area contributed by atoms with Crippen LogP contribution >= 0.6 is 11.8 Å². The molecule has 7 nitrogen and oxygen atoms in total. The summed E-state index contributed by atoms with van der Waals surface area (Å²) in [4.78, 5) is 32.7. The number of hydrogen-bond donors (Lipinski definition) is 3. The number of para-hydroxylation sites is 2. The standard InChI is InChI=1S/C23H23N5O2S/c24-15-23(12-4-1-5-13-23)21(30)28-27-20(29)17-10-8-16(9-11-17)14-31-22-25-18-6-2-3-7-19(18)26-22/h2-3,6-11H,1,4-5,12-14H2,(H,25,26)(H,27,29)(H,28,30). The highest BCUT2D eigenvalue weighted by molar-refractivity contribution is 7.98. The van der Waals surface area contributed by atoms with Crippen LogP contribution in [-0.2, 0) is 10.5 Å². The van der Waals surface area contributed by atoms with Crippen LogP contribution in [-0.4, -0.2) is 21.8 Å². The number of thioether (sulfide) groups is 1. The second-order valence-electron chi connectivity index (χ2n) is 7.71. The molecule has 4 rings (SSSR count). The zero-order chi connectivity index (χ0) is 21.7. The molecule has 1 heterocycles. The van der Waals surface area contributed by atoms with E-state index in [4.69, 9.17) is 0 Å². The van der Waals surface area contributed by atoms with Crippen LogP contribution in [0.2, 0.25) is 0 Å². The fourth-order valence-electron chi connectivity index (χ4n) is 3.75. The Kier molecular flexibility index (Phi) is 6.23. The van der Waals surface area contributed by atoms with Gasteiger partial charge >= 0.3 is 0 Å². The van der Waals surface area contributed by atoms with Gasteiger partial charge in [-0.25, -0.2) is 4.98 Å². The SMILES string of the molecule is N#CC1(C(=O)NNC(=O)c2ccc(CSc3nc4ccccc4[nH]3)cc2)CCCCC1. The molecule has 0 saturated heterocycles. The van der Waals surface area contributed by atoms with Crippen LogP contribution in [0.4, 0.5) is 0 Å². The Morgan fingerprint density at radius 3 is 2.52 bits per heavy atom. The summed E-state index contributed by atoms with van der Waals surface area (Å²) >= 11 is 1.59. The molecule has 158 valence electrons. The first-order valence-electron chi connectivity index (χ1n) is 10.3. The first-order chi connectivity index (χ1) is 15.1. The Balaban J connectivity index is 1.30. The quantitative estimate of drug-likeness (QED) is 0.415. The molecule has 1 fully saturated rings. The van der Waals surface area contributed by atoms with Crippen molar-refractivity contribution < 1.29 is 9.59 Å². The van der Waals surface area contributed by atoms with Crippen LogP contribution in [0.5, 0.6) is 0 Å². The van der Waals surface area contributed by atoms with Gasteiger partial charge in [-0.15, -0.1) is 0 Å². The van der Waals surface area contributed by atoms with E-state index in [1.165, 1.54) is 0 Å². The summed E-state index contributed by atoms with van der Waals surface area (Å²) in [6.07, 6.45) is 3.79. The maximum Gasteiger partial charge on any atom is 0.269 e. The van der Waals surface area contributed by atoms with E-state index in [1.807, 2.05) is 36.4 Å². The molecule has 0 spiro atoms. The highest BCUT2D eigenvalue weighted by atomic mass is 32.2. The summed E-state index contributed by atoms with van der Waals surface area (Å²) in [5.41, 5.74) is 7.27. The number of aromatic nitrogens is 2. The number of fused-ring (bicyclic) bond motifs is 1. The van der Waals surface area contributed by atoms with Crippen molar-refractivity contribution in [1.82, 2.24) is 20.8 Å². The molecule has 31 heavy (non-hydrogen) atoms. The largest absolute Gasteiger partial charge is 0.333 e. The van der Waals surface area contributed by atoms with Crippen LogP contribution in [0.1, 0.15) is 48.0 Å². The molecule has 3 aromatic rings. The number of carbonyl (C=O) groups is 2. The minimum atomic E-state index is -1.04. The molecule has 0 radical (unpaired) electrons. The number of rotatable bonds is 5. The van der Waals surface area contributed by atoms with Crippen LogP contribution in [0.3, 0.4) is 0 Å². The number of aromatic amines is 1. The average molecular weight is 434 g/mol. The lowest BCUT2D eigenvalue weighted by Gasteiger charge is -2.29. The molecule has 1 aliphatic rings. The third kappa shape index (κ3) is 4.72. The number of hydrogen-bond acceptors (Lipinski definition) is 5. The Labute approximate surface area is 184 Å². The van der Waals surface area contributed by atoms with Crippen LogP contribution in [0.25, 0.3) is 11.0 Å². The molecule has 2 aromatic carbocycles. The Morgan fingerprint density at radius 2 is 1.81 bits per heavy atom. The molecule has 0 bridgehead atoms. The number of benzene rings is 2. The van der Waals surface area contributed by atoms with Crippen LogP contribution in [0, 0.1) is 16.7 Å². The third-order valence-electron chi connectivity index (χ3n) is 5.60. The van der Waals surface area contributed by atoms with Crippen LogP contribution < -0.4 is 10.9 Å². The van der Waals surface area contributed by atoms with Gasteiger partial charge in [0, 0.05) is 11.3 Å². The van der Waals surface area contributed by atoms with Gasteiger partial charge in [0.15, 0.2) is 5.16 Å². The first kappa shape index (κ1) is 20.9. The fourth-order valence-corrected chi connectivity index (χ4v) is 4.59. The van der Waals surface area contributed by atoms with E-state index in [2.05, 4.69) is 26.9 Å². The lowest BCUT2D eigenvalue weighted by atomic mass is 9.75. The van der Waals surface area contributed by atoms with Crippen molar-refractivity contribution in [2.45, 2.75) is 43.0 Å². The molecule has 1 aromatic heterocycles. The van der Waals surface area contributed by atoms with Crippen molar-refractivity contribution in [3.05, 3.63) is 59.7 Å².